The van der Waals surface area contributed by atoms with E-state index in [9.17, 15) is 19.5 Å². The molecule has 2 rings (SSSR count). The van der Waals surface area contributed by atoms with Crippen LogP contribution in [0.2, 0.25) is 0 Å². The second-order valence-corrected chi connectivity index (χ2v) is 8.52. The molecule has 0 spiro atoms. The minimum atomic E-state index is -1.18. The Bertz CT molecular complexity index is 988. The molecule has 2 aromatic carbocycles. The summed E-state index contributed by atoms with van der Waals surface area (Å²) in [5, 5.41) is 14.5. The summed E-state index contributed by atoms with van der Waals surface area (Å²) in [6.45, 7) is 3.84. The predicted octanol–water partition coefficient (Wildman–Crippen LogP) is 4.22. The van der Waals surface area contributed by atoms with Crippen molar-refractivity contribution in [3.8, 4) is 11.5 Å². The lowest BCUT2D eigenvalue weighted by molar-refractivity contribution is -0.139. The van der Waals surface area contributed by atoms with E-state index in [1.807, 2.05) is 30.3 Å². The average molecular weight is 503 g/mol. The number of rotatable bonds is 13. The van der Waals surface area contributed by atoms with Gasteiger partial charge in [0.2, 0.25) is 0 Å². The molecule has 1 atom stereocenters. The smallest absolute Gasteiger partial charge is 0.408 e. The largest absolute Gasteiger partial charge is 0.497 e. The van der Waals surface area contributed by atoms with Crippen molar-refractivity contribution < 1.29 is 38.4 Å². The number of alkyl carbamates (subject to hydrolysis) is 2. The zero-order valence-corrected chi connectivity index (χ0v) is 21.0. The summed E-state index contributed by atoms with van der Waals surface area (Å²) in [7, 11) is 3.03. The molecule has 0 fully saturated rings. The second kappa shape index (κ2) is 13.8. The summed E-state index contributed by atoms with van der Waals surface area (Å²) >= 11 is 0. The second-order valence-electron chi connectivity index (χ2n) is 8.52. The molecule has 10 nitrogen and oxygen atoms in total. The van der Waals surface area contributed by atoms with Gasteiger partial charge in [0.1, 0.15) is 29.7 Å². The highest BCUT2D eigenvalue weighted by Crippen LogP contribution is 2.32. The summed E-state index contributed by atoms with van der Waals surface area (Å²) in [4.78, 5) is 35.9. The quantitative estimate of drug-likeness (QED) is 0.347. The van der Waals surface area contributed by atoms with Gasteiger partial charge < -0.3 is 34.7 Å². The molecule has 0 aromatic heterocycles. The van der Waals surface area contributed by atoms with Crippen molar-refractivity contribution in [1.29, 1.82) is 0 Å². The normalized spacial score (nSPS) is 11.7. The molecule has 0 unspecified atom stereocenters. The van der Waals surface area contributed by atoms with Gasteiger partial charge in [-0.1, -0.05) is 30.3 Å². The van der Waals surface area contributed by atoms with Gasteiger partial charge in [-0.05, 0) is 50.8 Å². The van der Waals surface area contributed by atoms with Crippen LogP contribution in [0.25, 0.3) is 0 Å². The number of hydrogen-bond donors (Lipinski definition) is 3. The number of carboxylic acid groups (broad SMARTS) is 1. The van der Waals surface area contributed by atoms with Crippen LogP contribution in [-0.2, 0) is 26.5 Å². The average Bonchev–Trinajstić information content (AvgIpc) is 2.86. The Morgan fingerprint density at radius 2 is 1.58 bits per heavy atom. The molecule has 0 saturated carbocycles. The van der Waals surface area contributed by atoms with Gasteiger partial charge in [0.05, 0.1) is 14.2 Å². The molecule has 2 amide bonds. The number of ether oxygens (including phenoxy) is 4. The summed E-state index contributed by atoms with van der Waals surface area (Å²) in [5.74, 6) is -0.118. The first kappa shape index (κ1) is 28.3. The molecule has 0 aliphatic rings. The molecule has 0 aliphatic heterocycles. The number of hydrogen-bond acceptors (Lipinski definition) is 7. The molecule has 0 heterocycles. The number of aliphatic carboxylic acids is 1. The van der Waals surface area contributed by atoms with Crippen LogP contribution in [0.3, 0.4) is 0 Å². The van der Waals surface area contributed by atoms with Gasteiger partial charge in [0, 0.05) is 18.2 Å². The van der Waals surface area contributed by atoms with E-state index in [-0.39, 0.29) is 13.0 Å². The van der Waals surface area contributed by atoms with E-state index in [0.717, 1.165) is 5.56 Å². The maximum atomic E-state index is 12.5. The Morgan fingerprint density at radius 3 is 2.17 bits per heavy atom. The zero-order valence-electron chi connectivity index (χ0n) is 21.0. The van der Waals surface area contributed by atoms with Crippen molar-refractivity contribution in [2.24, 2.45) is 0 Å². The van der Waals surface area contributed by atoms with Gasteiger partial charge >= 0.3 is 18.2 Å². The van der Waals surface area contributed by atoms with Crippen LogP contribution >= 0.6 is 0 Å². The van der Waals surface area contributed by atoms with Crippen LogP contribution in [0.4, 0.5) is 9.59 Å². The van der Waals surface area contributed by atoms with Crippen LogP contribution in [0.5, 0.6) is 11.5 Å². The Balaban J connectivity index is 1.78. The molecular weight excluding hydrogens is 468 g/mol. The van der Waals surface area contributed by atoms with E-state index >= 15 is 0 Å². The van der Waals surface area contributed by atoms with Gasteiger partial charge in [-0.25, -0.2) is 14.4 Å². The first-order valence-corrected chi connectivity index (χ1v) is 11.5. The number of carbonyl (C=O) groups excluding carboxylic acids is 2. The maximum absolute atomic E-state index is 12.5. The molecule has 10 heteroatoms. The van der Waals surface area contributed by atoms with Gasteiger partial charge in [0.15, 0.2) is 0 Å². The molecule has 0 bridgehead atoms. The highest BCUT2D eigenvalue weighted by Gasteiger charge is 2.29. The number of amides is 2. The lowest BCUT2D eigenvalue weighted by atomic mass is 9.97. The lowest BCUT2D eigenvalue weighted by Gasteiger charge is -2.27. The number of benzene rings is 2. The van der Waals surface area contributed by atoms with E-state index in [1.54, 1.807) is 32.0 Å². The lowest BCUT2D eigenvalue weighted by Crippen LogP contribution is -2.43. The fraction of sp³-hybridized carbons (Fsp3) is 0.423. The van der Waals surface area contributed by atoms with Crippen LogP contribution < -0.4 is 20.1 Å². The van der Waals surface area contributed by atoms with Crippen molar-refractivity contribution in [2.45, 2.75) is 51.4 Å². The first-order chi connectivity index (χ1) is 17.1. The zero-order chi connectivity index (χ0) is 26.6. The highest BCUT2D eigenvalue weighted by molar-refractivity contribution is 5.80. The number of nitrogens with one attached hydrogen (secondary N) is 2. The Hall–Kier alpha value is -3.95. The number of unbranched alkanes of at least 4 members (excludes halogenated alkanes) is 1. The van der Waals surface area contributed by atoms with Gasteiger partial charge in [0.25, 0.3) is 0 Å². The van der Waals surface area contributed by atoms with E-state index in [0.29, 0.717) is 36.4 Å². The SMILES string of the molecule is COc1cc(OC)cc(C(C)(C)OC(=O)N[C@@H](CCCCNC(=O)OCc2ccccc2)C(=O)O)c1. The molecule has 196 valence electrons. The summed E-state index contributed by atoms with van der Waals surface area (Å²) in [6.07, 6.45) is -0.287. The van der Waals surface area contributed by atoms with Crippen molar-refractivity contribution in [3.63, 3.8) is 0 Å². The fourth-order valence-corrected chi connectivity index (χ4v) is 3.31. The van der Waals surface area contributed by atoms with Gasteiger partial charge in [-0.3, -0.25) is 0 Å². The monoisotopic (exact) mass is 502 g/mol. The van der Waals surface area contributed by atoms with E-state index < -0.39 is 29.8 Å². The number of methoxy groups -OCH3 is 2. The predicted molar refractivity (Wildman–Crippen MR) is 132 cm³/mol. The maximum Gasteiger partial charge on any atom is 0.408 e. The molecule has 2 aromatic rings. The van der Waals surface area contributed by atoms with Crippen LogP contribution in [0.15, 0.2) is 48.5 Å². The molecular formula is C26H34N2O8. The molecule has 36 heavy (non-hydrogen) atoms. The summed E-state index contributed by atoms with van der Waals surface area (Å²) < 4.78 is 21.2. The molecule has 0 aliphatic carbocycles. The van der Waals surface area contributed by atoms with Crippen molar-refractivity contribution in [2.75, 3.05) is 20.8 Å². The Kier molecular flexibility index (Phi) is 10.9. The van der Waals surface area contributed by atoms with Crippen molar-refractivity contribution >= 4 is 18.2 Å². The Morgan fingerprint density at radius 1 is 0.944 bits per heavy atom. The third-order valence-electron chi connectivity index (χ3n) is 5.39. The van der Waals surface area contributed by atoms with Crippen LogP contribution in [-0.4, -0.2) is 50.1 Å². The summed E-state index contributed by atoms with van der Waals surface area (Å²) in [6, 6.07) is 13.3. The van der Waals surface area contributed by atoms with E-state index in [2.05, 4.69) is 10.6 Å². The molecule has 0 radical (unpaired) electrons. The van der Waals surface area contributed by atoms with Gasteiger partial charge in [-0.15, -0.1) is 0 Å². The van der Waals surface area contributed by atoms with Gasteiger partial charge in [-0.2, -0.15) is 0 Å². The van der Waals surface area contributed by atoms with Crippen molar-refractivity contribution in [3.05, 3.63) is 59.7 Å². The van der Waals surface area contributed by atoms with Crippen molar-refractivity contribution in [1.82, 2.24) is 10.6 Å². The van der Waals surface area contributed by atoms with Crippen LogP contribution in [0, 0.1) is 0 Å². The highest BCUT2D eigenvalue weighted by atomic mass is 16.6. The number of carbonyl (C=O) groups is 3. The number of carboxylic acids is 1. The fourth-order valence-electron chi connectivity index (χ4n) is 3.31. The molecule has 0 saturated heterocycles. The standard InChI is InChI=1S/C26H34N2O8/c1-26(2,19-14-20(33-3)16-21(15-19)34-4)36-25(32)28-22(23(29)30)12-8-9-13-27-24(31)35-17-18-10-6-5-7-11-18/h5-7,10-11,14-16,22H,8-9,12-13,17H2,1-4H3,(H,27,31)(H,28,32)(H,29,30)/t22-/m0/s1. The van der Waals surface area contributed by atoms with E-state index in [4.69, 9.17) is 18.9 Å². The third kappa shape index (κ3) is 9.36. The topological polar surface area (TPSA) is 132 Å². The van der Waals surface area contributed by atoms with Crippen LogP contribution in [0.1, 0.15) is 44.2 Å². The summed E-state index contributed by atoms with van der Waals surface area (Å²) in [5.41, 5.74) is 0.411. The Labute approximate surface area is 210 Å². The van der Waals surface area contributed by atoms with E-state index in [1.165, 1.54) is 14.2 Å². The molecule has 3 N–H and O–H groups in total. The first-order valence-electron chi connectivity index (χ1n) is 11.5. The minimum absolute atomic E-state index is 0.165. The minimum Gasteiger partial charge on any atom is -0.497 e. The third-order valence-corrected chi connectivity index (χ3v) is 5.39.